The van der Waals surface area contributed by atoms with Crippen LogP contribution in [0.5, 0.6) is 0 Å². The minimum atomic E-state index is -3.76. The quantitative estimate of drug-likeness (QED) is 0.756. The fourth-order valence-electron chi connectivity index (χ4n) is 1.24. The van der Waals surface area contributed by atoms with E-state index in [0.717, 1.165) is 15.6 Å². The first-order chi connectivity index (χ1) is 8.45. The van der Waals surface area contributed by atoms with E-state index in [9.17, 15) is 13.2 Å². The second-order valence-electron chi connectivity index (χ2n) is 3.34. The first-order valence-electron chi connectivity index (χ1n) is 4.94. The second kappa shape index (κ2) is 5.95. The Morgan fingerprint density at radius 1 is 1.61 bits per heavy atom. The van der Waals surface area contributed by atoms with Crippen LogP contribution in [-0.4, -0.2) is 39.4 Å². The highest BCUT2D eigenvalue weighted by molar-refractivity contribution is 7.89. The van der Waals surface area contributed by atoms with Gasteiger partial charge >= 0.3 is 5.97 Å². The molecule has 1 rings (SSSR count). The van der Waals surface area contributed by atoms with Crippen molar-refractivity contribution in [3.05, 3.63) is 16.3 Å². The van der Waals surface area contributed by atoms with E-state index in [4.69, 9.17) is 5.26 Å². The Hall–Kier alpha value is -1.43. The van der Waals surface area contributed by atoms with E-state index in [2.05, 4.69) is 4.74 Å². The van der Waals surface area contributed by atoms with Gasteiger partial charge in [-0.1, -0.05) is 0 Å². The van der Waals surface area contributed by atoms with Gasteiger partial charge in [-0.15, -0.1) is 11.3 Å². The van der Waals surface area contributed by atoms with E-state index in [-0.39, 0.29) is 22.7 Å². The lowest BCUT2D eigenvalue weighted by molar-refractivity contribution is 0.0602. The molecule has 1 aromatic rings. The minimum Gasteiger partial charge on any atom is -0.465 e. The lowest BCUT2D eigenvalue weighted by Gasteiger charge is -2.15. The molecule has 0 N–H and O–H groups in total. The number of ether oxygens (including phenoxy) is 1. The number of carbonyl (C=O) groups is 1. The summed E-state index contributed by atoms with van der Waals surface area (Å²) < 4.78 is 29.9. The van der Waals surface area contributed by atoms with Gasteiger partial charge in [-0.3, -0.25) is 0 Å². The van der Waals surface area contributed by atoms with Crippen LogP contribution in [0.4, 0.5) is 0 Å². The normalized spacial score (nSPS) is 11.2. The number of sulfonamides is 1. The fraction of sp³-hybridized carbons (Fsp3) is 0.400. The summed E-state index contributed by atoms with van der Waals surface area (Å²) in [5.41, 5.74) is 0. The molecule has 0 bridgehead atoms. The molecule has 0 aliphatic carbocycles. The Morgan fingerprint density at radius 3 is 2.83 bits per heavy atom. The Morgan fingerprint density at radius 2 is 2.28 bits per heavy atom. The molecule has 0 spiro atoms. The number of thiophene rings is 1. The monoisotopic (exact) mass is 288 g/mol. The van der Waals surface area contributed by atoms with Crippen molar-refractivity contribution in [2.75, 3.05) is 20.7 Å². The second-order valence-corrected chi connectivity index (χ2v) is 6.27. The molecule has 0 amide bonds. The summed E-state index contributed by atoms with van der Waals surface area (Å²) in [5, 5.41) is 9.96. The maximum atomic E-state index is 12.2. The summed E-state index contributed by atoms with van der Waals surface area (Å²) in [7, 11) is -1.20. The molecule has 0 aromatic carbocycles. The van der Waals surface area contributed by atoms with Gasteiger partial charge in [0.1, 0.15) is 9.77 Å². The van der Waals surface area contributed by atoms with Crippen molar-refractivity contribution in [3.63, 3.8) is 0 Å². The van der Waals surface area contributed by atoms with Crippen molar-refractivity contribution in [3.8, 4) is 6.07 Å². The van der Waals surface area contributed by atoms with E-state index in [0.29, 0.717) is 0 Å². The van der Waals surface area contributed by atoms with Crippen molar-refractivity contribution < 1.29 is 17.9 Å². The van der Waals surface area contributed by atoms with Crippen molar-refractivity contribution in [1.29, 1.82) is 5.26 Å². The van der Waals surface area contributed by atoms with Gasteiger partial charge in [-0.05, 0) is 11.4 Å². The summed E-state index contributed by atoms with van der Waals surface area (Å²) in [5.74, 6) is -0.683. The maximum absolute atomic E-state index is 12.2. The molecule has 0 atom stereocenters. The predicted octanol–water partition coefficient (Wildman–Crippen LogP) is 1.07. The largest absolute Gasteiger partial charge is 0.465 e. The Bertz CT molecular complexity index is 571. The lowest BCUT2D eigenvalue weighted by Crippen LogP contribution is -2.28. The van der Waals surface area contributed by atoms with Gasteiger partial charge in [0, 0.05) is 20.0 Å². The molecule has 98 valence electrons. The first kappa shape index (κ1) is 14.6. The zero-order valence-electron chi connectivity index (χ0n) is 9.91. The Kier molecular flexibility index (Phi) is 4.84. The van der Waals surface area contributed by atoms with Crippen LogP contribution in [0.1, 0.15) is 16.1 Å². The van der Waals surface area contributed by atoms with Crippen molar-refractivity contribution >= 4 is 27.3 Å². The van der Waals surface area contributed by atoms with Crippen LogP contribution in [0.25, 0.3) is 0 Å². The molecule has 0 aliphatic heterocycles. The van der Waals surface area contributed by atoms with Gasteiger partial charge < -0.3 is 4.74 Å². The zero-order valence-corrected chi connectivity index (χ0v) is 11.5. The molecule has 1 heterocycles. The zero-order chi connectivity index (χ0) is 13.8. The fourth-order valence-corrected chi connectivity index (χ4v) is 3.71. The number of esters is 1. The van der Waals surface area contributed by atoms with Crippen LogP contribution < -0.4 is 0 Å². The molecule has 1 aromatic heterocycles. The minimum absolute atomic E-state index is 0.0429. The highest BCUT2D eigenvalue weighted by Gasteiger charge is 2.28. The van der Waals surface area contributed by atoms with Crippen molar-refractivity contribution in [2.24, 2.45) is 0 Å². The van der Waals surface area contributed by atoms with Crippen LogP contribution in [0.3, 0.4) is 0 Å². The molecule has 0 unspecified atom stereocenters. The van der Waals surface area contributed by atoms with Gasteiger partial charge in [0.25, 0.3) is 0 Å². The molecule has 0 saturated heterocycles. The highest BCUT2D eigenvalue weighted by atomic mass is 32.2. The molecule has 0 fully saturated rings. The smallest absolute Gasteiger partial charge is 0.349 e. The number of rotatable bonds is 5. The maximum Gasteiger partial charge on any atom is 0.349 e. The van der Waals surface area contributed by atoms with Crippen LogP contribution >= 0.6 is 11.3 Å². The van der Waals surface area contributed by atoms with E-state index in [1.807, 2.05) is 6.07 Å². The summed E-state index contributed by atoms with van der Waals surface area (Å²) in [6.45, 7) is 0.0787. The molecule has 18 heavy (non-hydrogen) atoms. The third kappa shape index (κ3) is 2.87. The molecular weight excluding hydrogens is 276 g/mol. The number of methoxy groups -OCH3 is 1. The summed E-state index contributed by atoms with van der Waals surface area (Å²) >= 11 is 1.00. The van der Waals surface area contributed by atoms with E-state index >= 15 is 0 Å². The third-order valence-corrected chi connectivity index (χ3v) is 5.15. The van der Waals surface area contributed by atoms with Gasteiger partial charge in [-0.2, -0.15) is 9.57 Å². The van der Waals surface area contributed by atoms with E-state index in [1.54, 1.807) is 0 Å². The SMILES string of the molecule is COC(=O)c1sccc1S(=O)(=O)N(C)CCC#N. The van der Waals surface area contributed by atoms with Crippen molar-refractivity contribution in [1.82, 2.24) is 4.31 Å². The third-order valence-electron chi connectivity index (χ3n) is 2.23. The first-order valence-corrected chi connectivity index (χ1v) is 7.26. The predicted molar refractivity (Wildman–Crippen MR) is 65.7 cm³/mol. The average Bonchev–Trinajstić information content (AvgIpc) is 2.84. The molecule has 0 radical (unpaired) electrons. The van der Waals surface area contributed by atoms with E-state index in [1.165, 1.54) is 25.6 Å². The van der Waals surface area contributed by atoms with Crippen LogP contribution in [0, 0.1) is 11.3 Å². The lowest BCUT2D eigenvalue weighted by atomic mass is 10.5. The van der Waals surface area contributed by atoms with Gasteiger partial charge in [0.15, 0.2) is 0 Å². The number of hydrogen-bond donors (Lipinski definition) is 0. The molecule has 0 saturated carbocycles. The summed E-state index contributed by atoms with van der Waals surface area (Å²) in [6.07, 6.45) is 0.0907. The van der Waals surface area contributed by atoms with Crippen LogP contribution in [0.15, 0.2) is 16.3 Å². The van der Waals surface area contributed by atoms with Gasteiger partial charge in [0.2, 0.25) is 10.0 Å². The topological polar surface area (TPSA) is 87.5 Å². The highest BCUT2D eigenvalue weighted by Crippen LogP contribution is 2.25. The van der Waals surface area contributed by atoms with Crippen LogP contribution in [-0.2, 0) is 14.8 Å². The standard InChI is InChI=1S/C10H12N2O4S2/c1-12(6-3-5-11)18(14,15)8-4-7-17-9(8)10(13)16-2/h4,7H,3,6H2,1-2H3. The van der Waals surface area contributed by atoms with Crippen LogP contribution in [0.2, 0.25) is 0 Å². The molecule has 8 heteroatoms. The average molecular weight is 288 g/mol. The van der Waals surface area contributed by atoms with Crippen molar-refractivity contribution in [2.45, 2.75) is 11.3 Å². The number of carbonyl (C=O) groups excluding carboxylic acids is 1. The number of hydrogen-bond acceptors (Lipinski definition) is 6. The Labute approximate surface area is 109 Å². The molecule has 0 aliphatic rings. The summed E-state index contributed by atoms with van der Waals surface area (Å²) in [4.78, 5) is 11.4. The Balaban J connectivity index is 3.10. The summed E-state index contributed by atoms with van der Waals surface area (Å²) in [6, 6.07) is 3.23. The molecule has 6 nitrogen and oxygen atoms in total. The van der Waals surface area contributed by atoms with E-state index < -0.39 is 16.0 Å². The number of nitrogens with zero attached hydrogens (tertiary/aromatic N) is 2. The molecular formula is C10H12N2O4S2. The van der Waals surface area contributed by atoms with Gasteiger partial charge in [0.05, 0.1) is 13.2 Å². The van der Waals surface area contributed by atoms with Gasteiger partial charge in [-0.25, -0.2) is 13.2 Å². The number of nitriles is 1.